The molecule has 0 saturated heterocycles. The average Bonchev–Trinajstić information content (AvgIpc) is 2.52. The predicted octanol–water partition coefficient (Wildman–Crippen LogP) is 3.15. The van der Waals surface area contributed by atoms with Gasteiger partial charge >= 0.3 is 0 Å². The third-order valence-corrected chi connectivity index (χ3v) is 3.25. The normalized spacial score (nSPS) is 19.9. The van der Waals surface area contributed by atoms with Gasteiger partial charge in [0.15, 0.2) is 0 Å². The highest BCUT2D eigenvalue weighted by atomic mass is 35.5. The maximum atomic E-state index is 10.3. The number of aliphatic hydroxyl groups is 1. The van der Waals surface area contributed by atoms with Crippen LogP contribution in [0.3, 0.4) is 0 Å². The van der Waals surface area contributed by atoms with Gasteiger partial charge in [0.05, 0.1) is 5.60 Å². The smallest absolute Gasteiger partial charge is 0.136 e. The van der Waals surface area contributed by atoms with E-state index in [4.69, 9.17) is 23.2 Å². The maximum Gasteiger partial charge on any atom is 0.136 e. The fourth-order valence-electron chi connectivity index (χ4n) is 1.99. The summed E-state index contributed by atoms with van der Waals surface area (Å²) in [5.74, 6) is 0. The van der Waals surface area contributed by atoms with E-state index in [-0.39, 0.29) is 0 Å². The molecule has 0 spiro atoms. The van der Waals surface area contributed by atoms with Crippen LogP contribution in [0.4, 0.5) is 0 Å². The lowest BCUT2D eigenvalue weighted by molar-refractivity contribution is 0.0442. The summed E-state index contributed by atoms with van der Waals surface area (Å²) in [6.45, 7) is 0. The summed E-state index contributed by atoms with van der Waals surface area (Å²) in [5, 5.41) is 10.9. The second kappa shape index (κ2) is 3.69. The van der Waals surface area contributed by atoms with Crippen molar-refractivity contribution in [3.8, 4) is 0 Å². The van der Waals surface area contributed by atoms with E-state index in [0.29, 0.717) is 15.9 Å². The molecule has 76 valence electrons. The van der Waals surface area contributed by atoms with E-state index >= 15 is 0 Å². The van der Waals surface area contributed by atoms with Crippen molar-refractivity contribution >= 4 is 23.2 Å². The number of aromatic nitrogens is 1. The van der Waals surface area contributed by atoms with Gasteiger partial charge in [-0.05, 0) is 18.9 Å². The molecule has 4 heteroatoms. The molecule has 14 heavy (non-hydrogen) atoms. The van der Waals surface area contributed by atoms with E-state index in [2.05, 4.69) is 4.98 Å². The van der Waals surface area contributed by atoms with Gasteiger partial charge in [-0.2, -0.15) is 0 Å². The van der Waals surface area contributed by atoms with Crippen LogP contribution in [0.15, 0.2) is 12.1 Å². The minimum absolute atomic E-state index is 0.321. The summed E-state index contributed by atoms with van der Waals surface area (Å²) in [6, 6.07) is 3.43. The van der Waals surface area contributed by atoms with E-state index in [9.17, 15) is 5.11 Å². The Bertz CT molecular complexity index is 348. The van der Waals surface area contributed by atoms with Crippen molar-refractivity contribution in [2.24, 2.45) is 0 Å². The molecule has 1 aromatic rings. The molecule has 2 nitrogen and oxygen atoms in total. The molecule has 0 bridgehead atoms. The van der Waals surface area contributed by atoms with Crippen molar-refractivity contribution in [3.05, 3.63) is 28.0 Å². The minimum Gasteiger partial charge on any atom is -0.385 e. The zero-order valence-corrected chi connectivity index (χ0v) is 9.15. The highest BCUT2D eigenvalue weighted by molar-refractivity contribution is 6.32. The summed E-state index contributed by atoms with van der Waals surface area (Å²) in [5.41, 5.74) is -0.0737. The number of hydrogen-bond donors (Lipinski definition) is 1. The monoisotopic (exact) mass is 231 g/mol. The SMILES string of the molecule is OC1(c2ccc(Cl)nc2Cl)CCCC1. The molecule has 1 aromatic heterocycles. The molecule has 0 aromatic carbocycles. The first-order valence-corrected chi connectivity index (χ1v) is 5.42. The van der Waals surface area contributed by atoms with Gasteiger partial charge in [-0.1, -0.05) is 42.1 Å². The van der Waals surface area contributed by atoms with Crippen LogP contribution in [0.2, 0.25) is 10.3 Å². The Morgan fingerprint density at radius 2 is 1.86 bits per heavy atom. The topological polar surface area (TPSA) is 33.1 Å². The number of pyridine rings is 1. The highest BCUT2D eigenvalue weighted by Crippen LogP contribution is 2.41. The molecular formula is C10H11Cl2NO. The molecule has 2 rings (SSSR count). The summed E-state index contributed by atoms with van der Waals surface area (Å²) in [7, 11) is 0. The molecule has 0 atom stereocenters. The molecule has 0 amide bonds. The van der Waals surface area contributed by atoms with E-state index in [0.717, 1.165) is 25.7 Å². The Labute approximate surface area is 92.9 Å². The lowest BCUT2D eigenvalue weighted by Crippen LogP contribution is -2.21. The van der Waals surface area contributed by atoms with Crippen LogP contribution in [0, 0.1) is 0 Å². The lowest BCUT2D eigenvalue weighted by atomic mass is 9.94. The van der Waals surface area contributed by atoms with Crippen LogP contribution < -0.4 is 0 Å². The maximum absolute atomic E-state index is 10.3. The van der Waals surface area contributed by atoms with Gasteiger partial charge in [-0.3, -0.25) is 0 Å². The van der Waals surface area contributed by atoms with Crippen LogP contribution in [-0.2, 0) is 5.60 Å². The quantitative estimate of drug-likeness (QED) is 0.754. The van der Waals surface area contributed by atoms with Gasteiger partial charge in [0.2, 0.25) is 0 Å². The predicted molar refractivity (Wildman–Crippen MR) is 56.6 cm³/mol. The first-order chi connectivity index (χ1) is 6.62. The van der Waals surface area contributed by atoms with Gasteiger partial charge in [-0.25, -0.2) is 4.98 Å². The van der Waals surface area contributed by atoms with Crippen LogP contribution in [-0.4, -0.2) is 10.1 Å². The highest BCUT2D eigenvalue weighted by Gasteiger charge is 2.35. The lowest BCUT2D eigenvalue weighted by Gasteiger charge is -2.23. The number of halogens is 2. The van der Waals surface area contributed by atoms with Gasteiger partial charge < -0.3 is 5.11 Å². The molecule has 1 saturated carbocycles. The summed E-state index contributed by atoms with van der Waals surface area (Å²) in [4.78, 5) is 3.93. The second-order valence-corrected chi connectivity index (χ2v) is 4.46. The number of hydrogen-bond acceptors (Lipinski definition) is 2. The van der Waals surface area contributed by atoms with Gasteiger partial charge in [-0.15, -0.1) is 0 Å². The summed E-state index contributed by atoms with van der Waals surface area (Å²) >= 11 is 11.6. The minimum atomic E-state index is -0.783. The van der Waals surface area contributed by atoms with Gasteiger partial charge in [0.1, 0.15) is 10.3 Å². The van der Waals surface area contributed by atoms with Crippen LogP contribution in [0.5, 0.6) is 0 Å². The Balaban J connectivity index is 2.40. The van der Waals surface area contributed by atoms with E-state index in [1.54, 1.807) is 12.1 Å². The molecule has 1 aliphatic carbocycles. The fraction of sp³-hybridized carbons (Fsp3) is 0.500. The van der Waals surface area contributed by atoms with Crippen molar-refractivity contribution in [1.82, 2.24) is 4.98 Å². The Morgan fingerprint density at radius 1 is 1.21 bits per heavy atom. The molecule has 1 aliphatic rings. The molecule has 0 aliphatic heterocycles. The largest absolute Gasteiger partial charge is 0.385 e. The fourth-order valence-corrected chi connectivity index (χ4v) is 2.51. The number of nitrogens with zero attached hydrogens (tertiary/aromatic N) is 1. The Kier molecular flexibility index (Phi) is 2.69. The van der Waals surface area contributed by atoms with Crippen LogP contribution in [0.25, 0.3) is 0 Å². The third kappa shape index (κ3) is 1.74. The van der Waals surface area contributed by atoms with E-state index < -0.39 is 5.60 Å². The molecule has 1 N–H and O–H groups in total. The molecule has 1 fully saturated rings. The van der Waals surface area contributed by atoms with E-state index in [1.165, 1.54) is 0 Å². The van der Waals surface area contributed by atoms with E-state index in [1.807, 2.05) is 0 Å². The van der Waals surface area contributed by atoms with Crippen LogP contribution >= 0.6 is 23.2 Å². The zero-order valence-electron chi connectivity index (χ0n) is 7.63. The van der Waals surface area contributed by atoms with Crippen molar-refractivity contribution in [3.63, 3.8) is 0 Å². The molecular weight excluding hydrogens is 221 g/mol. The first-order valence-electron chi connectivity index (χ1n) is 4.67. The molecule has 0 unspecified atom stereocenters. The van der Waals surface area contributed by atoms with Gasteiger partial charge in [0, 0.05) is 5.56 Å². The van der Waals surface area contributed by atoms with Crippen molar-refractivity contribution in [1.29, 1.82) is 0 Å². The first kappa shape index (κ1) is 10.2. The molecule has 1 heterocycles. The summed E-state index contributed by atoms with van der Waals surface area (Å²) < 4.78 is 0. The second-order valence-electron chi connectivity index (χ2n) is 3.71. The Morgan fingerprint density at radius 3 is 2.43 bits per heavy atom. The Hall–Kier alpha value is -0.310. The number of rotatable bonds is 1. The average molecular weight is 232 g/mol. The van der Waals surface area contributed by atoms with Crippen molar-refractivity contribution < 1.29 is 5.11 Å². The van der Waals surface area contributed by atoms with Gasteiger partial charge in [0.25, 0.3) is 0 Å². The summed E-state index contributed by atoms with van der Waals surface area (Å²) in [6.07, 6.45) is 3.59. The molecule has 0 radical (unpaired) electrons. The van der Waals surface area contributed by atoms with Crippen molar-refractivity contribution in [2.45, 2.75) is 31.3 Å². The third-order valence-electron chi connectivity index (χ3n) is 2.75. The zero-order chi connectivity index (χ0) is 10.2. The standard InChI is InChI=1S/C10H11Cl2NO/c11-8-4-3-7(9(12)13-8)10(14)5-1-2-6-10/h3-4,14H,1-2,5-6H2. The van der Waals surface area contributed by atoms with Crippen LogP contribution in [0.1, 0.15) is 31.2 Å². The van der Waals surface area contributed by atoms with Crippen molar-refractivity contribution in [2.75, 3.05) is 0 Å².